The molecule has 1 rings (SSSR count). The number of hydrogen-bond donors (Lipinski definition) is 1. The van der Waals surface area contributed by atoms with Crippen molar-refractivity contribution in [3.05, 3.63) is 11.6 Å². The number of carbonyl (C=O) groups excluding carboxylic acids is 3. The summed E-state index contributed by atoms with van der Waals surface area (Å²) in [7, 11) is 1.76. The highest BCUT2D eigenvalue weighted by atomic mass is 16.5. The van der Waals surface area contributed by atoms with Crippen LogP contribution in [-0.2, 0) is 19.1 Å². The average Bonchev–Trinajstić information content (AvgIpc) is 2.83. The highest BCUT2D eigenvalue weighted by Crippen LogP contribution is 2.23. The van der Waals surface area contributed by atoms with E-state index in [9.17, 15) is 14.4 Å². The lowest BCUT2D eigenvalue weighted by molar-refractivity contribution is -0.141. The standard InChI is InChI=1S/C27H49N3O4/c1-10-19(6)24(28-25(31)22-15-13-14-16-30(22)21(8)11-2)26(32)29(9)23(18(4)5)17-20(7)27(33)34-12-3/h17-19,21-24H,10-16H2,1-9H3,(H,28,31)/b20-17+/t19-,21?,22?,23+,24-/m0/s1. The Morgan fingerprint density at radius 2 is 1.74 bits per heavy atom. The first-order valence-corrected chi connectivity index (χ1v) is 13.2. The number of esters is 1. The second kappa shape index (κ2) is 14.5. The Hall–Kier alpha value is -1.89. The van der Waals surface area contributed by atoms with E-state index in [0.717, 1.165) is 38.6 Å². The molecular formula is C27H49N3O4. The van der Waals surface area contributed by atoms with Crippen molar-refractivity contribution in [3.8, 4) is 0 Å². The van der Waals surface area contributed by atoms with Crippen molar-refractivity contribution in [2.45, 2.75) is 112 Å². The monoisotopic (exact) mass is 479 g/mol. The van der Waals surface area contributed by atoms with Crippen molar-refractivity contribution in [1.82, 2.24) is 15.1 Å². The number of nitrogens with one attached hydrogen (secondary N) is 1. The zero-order chi connectivity index (χ0) is 26.0. The molecule has 0 bridgehead atoms. The molecule has 0 aromatic rings. The van der Waals surface area contributed by atoms with Gasteiger partial charge in [0.2, 0.25) is 11.8 Å². The van der Waals surface area contributed by atoms with Crippen LogP contribution in [0.25, 0.3) is 0 Å². The molecule has 34 heavy (non-hydrogen) atoms. The zero-order valence-corrected chi connectivity index (χ0v) is 23.0. The Labute approximate surface area is 207 Å². The number of carbonyl (C=O) groups is 3. The Morgan fingerprint density at radius 1 is 1.09 bits per heavy atom. The molecule has 2 unspecified atom stereocenters. The van der Waals surface area contributed by atoms with Gasteiger partial charge < -0.3 is 15.0 Å². The summed E-state index contributed by atoms with van der Waals surface area (Å²) >= 11 is 0. The number of hydrogen-bond acceptors (Lipinski definition) is 5. The Bertz CT molecular complexity index is 706. The molecule has 2 amide bonds. The number of likely N-dealkylation sites (N-methyl/N-ethyl adjacent to an activating group) is 1. The molecule has 0 spiro atoms. The van der Waals surface area contributed by atoms with Crippen molar-refractivity contribution < 1.29 is 19.1 Å². The molecule has 1 aliphatic rings. The molecule has 0 aromatic carbocycles. The topological polar surface area (TPSA) is 79.0 Å². The van der Waals surface area contributed by atoms with E-state index in [2.05, 4.69) is 24.1 Å². The van der Waals surface area contributed by atoms with Gasteiger partial charge in [0.05, 0.1) is 18.7 Å². The molecule has 1 N–H and O–H groups in total. The third-order valence-corrected chi connectivity index (χ3v) is 7.28. The summed E-state index contributed by atoms with van der Waals surface area (Å²) in [6, 6.07) is -0.759. The third-order valence-electron chi connectivity index (χ3n) is 7.28. The van der Waals surface area contributed by atoms with Gasteiger partial charge in [-0.15, -0.1) is 0 Å². The molecule has 0 saturated carbocycles. The molecule has 7 nitrogen and oxygen atoms in total. The van der Waals surface area contributed by atoms with Gasteiger partial charge >= 0.3 is 5.97 Å². The Kier molecular flexibility index (Phi) is 12.9. The van der Waals surface area contributed by atoms with Crippen LogP contribution < -0.4 is 5.32 Å². The molecule has 1 fully saturated rings. The molecule has 5 atom stereocenters. The van der Waals surface area contributed by atoms with Crippen LogP contribution in [0.4, 0.5) is 0 Å². The number of ether oxygens (including phenoxy) is 1. The molecule has 0 aromatic heterocycles. The lowest BCUT2D eigenvalue weighted by Gasteiger charge is -2.40. The van der Waals surface area contributed by atoms with Gasteiger partial charge in [0, 0.05) is 18.7 Å². The number of nitrogens with zero attached hydrogens (tertiary/aromatic N) is 2. The predicted octanol–water partition coefficient (Wildman–Crippen LogP) is 4.16. The van der Waals surface area contributed by atoms with Gasteiger partial charge in [0.15, 0.2) is 0 Å². The minimum Gasteiger partial charge on any atom is -0.463 e. The summed E-state index contributed by atoms with van der Waals surface area (Å²) in [5, 5.41) is 3.13. The number of rotatable bonds is 12. The first-order valence-electron chi connectivity index (χ1n) is 13.2. The van der Waals surface area contributed by atoms with Crippen LogP contribution in [0, 0.1) is 11.8 Å². The van der Waals surface area contributed by atoms with Crippen LogP contribution in [0.1, 0.15) is 87.5 Å². The van der Waals surface area contributed by atoms with Crippen LogP contribution >= 0.6 is 0 Å². The van der Waals surface area contributed by atoms with Gasteiger partial charge in [0.1, 0.15) is 6.04 Å². The third kappa shape index (κ3) is 8.10. The summed E-state index contributed by atoms with van der Waals surface area (Å²) in [5.74, 6) is -0.469. The maximum absolute atomic E-state index is 13.7. The van der Waals surface area contributed by atoms with Crippen molar-refractivity contribution in [3.63, 3.8) is 0 Å². The molecule has 196 valence electrons. The summed E-state index contributed by atoms with van der Waals surface area (Å²) in [6.45, 7) is 17.1. The van der Waals surface area contributed by atoms with E-state index in [1.165, 1.54) is 0 Å². The fourth-order valence-corrected chi connectivity index (χ4v) is 4.62. The van der Waals surface area contributed by atoms with Gasteiger partial charge in [-0.3, -0.25) is 14.5 Å². The van der Waals surface area contributed by atoms with Crippen LogP contribution in [-0.4, -0.2) is 72.0 Å². The maximum atomic E-state index is 13.7. The van der Waals surface area contributed by atoms with Gasteiger partial charge in [-0.1, -0.05) is 53.5 Å². The van der Waals surface area contributed by atoms with Crippen molar-refractivity contribution in [1.29, 1.82) is 0 Å². The summed E-state index contributed by atoms with van der Waals surface area (Å²) < 4.78 is 5.11. The number of piperidine rings is 1. The van der Waals surface area contributed by atoms with Gasteiger partial charge in [-0.2, -0.15) is 0 Å². The predicted molar refractivity (Wildman–Crippen MR) is 137 cm³/mol. The maximum Gasteiger partial charge on any atom is 0.333 e. The SMILES string of the molecule is CCOC(=O)/C(C)=C/[C@H](C(C)C)N(C)C(=O)[C@@H](NC(=O)C1CCCCN1C(C)CC)[C@@H](C)CC. The van der Waals surface area contributed by atoms with E-state index in [1.807, 2.05) is 33.8 Å². The molecule has 1 saturated heterocycles. The summed E-state index contributed by atoms with van der Waals surface area (Å²) in [4.78, 5) is 43.3. The summed E-state index contributed by atoms with van der Waals surface area (Å²) in [6.07, 6.45) is 6.52. The lowest BCUT2D eigenvalue weighted by atomic mass is 9.93. The quantitative estimate of drug-likeness (QED) is 0.336. The first-order chi connectivity index (χ1) is 16.0. The lowest BCUT2D eigenvalue weighted by Crippen LogP contribution is -2.59. The number of amides is 2. The van der Waals surface area contributed by atoms with Crippen molar-refractivity contribution >= 4 is 17.8 Å². The molecule has 1 aliphatic heterocycles. The smallest absolute Gasteiger partial charge is 0.333 e. The van der Waals surface area contributed by atoms with Gasteiger partial charge in [-0.25, -0.2) is 4.79 Å². The molecular weight excluding hydrogens is 430 g/mol. The highest BCUT2D eigenvalue weighted by molar-refractivity contribution is 5.91. The van der Waals surface area contributed by atoms with E-state index in [1.54, 1.807) is 25.8 Å². The number of likely N-dealkylation sites (tertiary alicyclic amines) is 1. The second-order valence-electron chi connectivity index (χ2n) is 10.1. The Balaban J connectivity index is 3.13. The fourth-order valence-electron chi connectivity index (χ4n) is 4.62. The first kappa shape index (κ1) is 30.1. The minimum atomic E-state index is -0.610. The van der Waals surface area contributed by atoms with Crippen molar-refractivity contribution in [2.24, 2.45) is 11.8 Å². The van der Waals surface area contributed by atoms with Gasteiger partial charge in [0.25, 0.3) is 0 Å². The highest BCUT2D eigenvalue weighted by Gasteiger charge is 2.36. The largest absolute Gasteiger partial charge is 0.463 e. The van der Waals surface area contributed by atoms with E-state index >= 15 is 0 Å². The van der Waals surface area contributed by atoms with Crippen LogP contribution in [0.3, 0.4) is 0 Å². The van der Waals surface area contributed by atoms with E-state index in [-0.39, 0.29) is 41.7 Å². The minimum absolute atomic E-state index is 0.0116. The van der Waals surface area contributed by atoms with E-state index in [4.69, 9.17) is 4.74 Å². The molecule has 0 radical (unpaired) electrons. The fraction of sp³-hybridized carbons (Fsp3) is 0.815. The normalized spacial score (nSPS) is 20.9. The van der Waals surface area contributed by atoms with Crippen LogP contribution in [0.15, 0.2) is 11.6 Å². The van der Waals surface area contributed by atoms with Gasteiger partial charge in [-0.05, 0) is 58.4 Å². The average molecular weight is 480 g/mol. The Morgan fingerprint density at radius 3 is 2.26 bits per heavy atom. The second-order valence-corrected chi connectivity index (χ2v) is 10.1. The summed E-state index contributed by atoms with van der Waals surface area (Å²) in [5.41, 5.74) is 0.482. The van der Waals surface area contributed by atoms with E-state index in [0.29, 0.717) is 18.2 Å². The molecule has 7 heteroatoms. The van der Waals surface area contributed by atoms with Crippen LogP contribution in [0.5, 0.6) is 0 Å². The molecule has 1 heterocycles. The zero-order valence-electron chi connectivity index (χ0n) is 23.0. The van der Waals surface area contributed by atoms with Crippen LogP contribution in [0.2, 0.25) is 0 Å². The molecule has 0 aliphatic carbocycles. The van der Waals surface area contributed by atoms with Crippen molar-refractivity contribution in [2.75, 3.05) is 20.2 Å². The van der Waals surface area contributed by atoms with E-state index < -0.39 is 6.04 Å².